The molecule has 2 atom stereocenters. The number of imidazole rings is 1. The number of rotatable bonds is 5. The number of nitrogens with two attached hydrogens (primary N) is 1. The minimum atomic E-state index is -0.801. The quantitative estimate of drug-likeness (QED) is 0.196. The molecule has 2 aromatic carbocycles. The van der Waals surface area contributed by atoms with Crippen molar-refractivity contribution in [3.8, 4) is 16.9 Å². The molecule has 0 radical (unpaired) electrons. The Hall–Kier alpha value is -4.84. The van der Waals surface area contributed by atoms with Crippen molar-refractivity contribution in [2.24, 2.45) is 7.05 Å². The van der Waals surface area contributed by atoms with E-state index in [1.54, 1.807) is 28.9 Å². The van der Waals surface area contributed by atoms with Crippen molar-refractivity contribution in [1.29, 1.82) is 0 Å². The third-order valence-electron chi connectivity index (χ3n) is 8.58. The van der Waals surface area contributed by atoms with Crippen molar-refractivity contribution in [3.05, 3.63) is 82.0 Å². The molecular weight excluding hydrogens is 614 g/mol. The van der Waals surface area contributed by atoms with E-state index in [1.165, 1.54) is 30.3 Å². The lowest BCUT2D eigenvalue weighted by atomic mass is 9.98. The summed E-state index contributed by atoms with van der Waals surface area (Å²) in [5, 5.41) is 0.393. The lowest BCUT2D eigenvalue weighted by Crippen LogP contribution is -2.58. The molecule has 10 nitrogen and oxygen atoms in total. The summed E-state index contributed by atoms with van der Waals surface area (Å²) in [7, 11) is 1.76. The van der Waals surface area contributed by atoms with Crippen molar-refractivity contribution in [1.82, 2.24) is 29.0 Å². The number of carbonyl (C=O) groups is 1. The van der Waals surface area contributed by atoms with Crippen molar-refractivity contribution in [3.63, 3.8) is 0 Å². The van der Waals surface area contributed by atoms with Crippen molar-refractivity contribution >= 4 is 51.1 Å². The Labute approximate surface area is 268 Å². The summed E-state index contributed by atoms with van der Waals surface area (Å²) in [6, 6.07) is 6.56. The molecule has 0 unspecified atom stereocenters. The number of fused-ring (bicyclic) bond motifs is 2. The van der Waals surface area contributed by atoms with E-state index >= 15 is 8.78 Å². The predicted octanol–water partition coefficient (Wildman–Crippen LogP) is 5.58. The molecule has 0 bridgehead atoms. The van der Waals surface area contributed by atoms with Crippen LogP contribution in [0.15, 0.2) is 54.1 Å². The Morgan fingerprint density at radius 2 is 1.87 bits per heavy atom. The molecule has 2 N–H and O–H groups in total. The van der Waals surface area contributed by atoms with Gasteiger partial charge in [-0.15, -0.1) is 0 Å². The number of aromatic nitrogens is 5. The first kappa shape index (κ1) is 31.2. The Bertz CT molecular complexity index is 2110. The normalized spacial score (nSPS) is 17.0. The fraction of sp³-hybridized carbons (Fsp3) is 0.303. The van der Waals surface area contributed by atoms with Gasteiger partial charge in [0, 0.05) is 49.5 Å². The number of nitrogens with zero attached hydrogens (tertiary/aromatic N) is 7. The molecule has 4 heterocycles. The molecule has 3 aromatic heterocycles. The highest BCUT2D eigenvalue weighted by molar-refractivity contribution is 6.34. The monoisotopic (exact) mass is 646 g/mol. The molecule has 0 aliphatic carbocycles. The number of hydrogen-bond acceptors (Lipinski definition) is 7. The Morgan fingerprint density at radius 3 is 2.54 bits per heavy atom. The number of carbonyl (C=O) groups excluding carboxylic acids is 1. The predicted molar refractivity (Wildman–Crippen MR) is 176 cm³/mol. The van der Waals surface area contributed by atoms with Gasteiger partial charge >= 0.3 is 5.69 Å². The number of nitrogen functional groups attached to an aromatic ring is 1. The second kappa shape index (κ2) is 11.5. The molecule has 6 rings (SSSR count). The van der Waals surface area contributed by atoms with E-state index in [0.29, 0.717) is 35.1 Å². The minimum Gasteiger partial charge on any atom is -0.398 e. The van der Waals surface area contributed by atoms with Gasteiger partial charge < -0.3 is 20.1 Å². The molecule has 1 aliphatic rings. The van der Waals surface area contributed by atoms with Crippen LogP contribution >= 0.6 is 11.6 Å². The SMILES string of the molecule is C=CC(=O)N1C[C@H](C)N(c2nc(=O)n(-c3c(F)cc4c(ncn4C)c3C(C)C)c3nc(-c4c(N)cccc4F)c(Cl)cc23)C[C@H]1C. The van der Waals surface area contributed by atoms with Gasteiger partial charge in [-0.25, -0.2) is 28.1 Å². The molecular formula is C33H33ClF2N8O2. The zero-order valence-corrected chi connectivity index (χ0v) is 26.8. The smallest absolute Gasteiger partial charge is 0.355 e. The second-order valence-corrected chi connectivity index (χ2v) is 12.4. The fourth-order valence-corrected chi connectivity index (χ4v) is 6.60. The number of halogens is 3. The Kier molecular flexibility index (Phi) is 7.79. The molecule has 1 fully saturated rings. The second-order valence-electron chi connectivity index (χ2n) is 12.0. The summed E-state index contributed by atoms with van der Waals surface area (Å²) in [6.07, 6.45) is 2.85. The maximum atomic E-state index is 16.3. The van der Waals surface area contributed by atoms with Crippen LogP contribution < -0.4 is 16.3 Å². The first-order chi connectivity index (χ1) is 21.8. The highest BCUT2D eigenvalue weighted by Gasteiger charge is 2.34. The van der Waals surface area contributed by atoms with Crippen molar-refractivity contribution in [2.45, 2.75) is 45.7 Å². The molecule has 0 saturated carbocycles. The molecule has 1 aliphatic heterocycles. The van der Waals surface area contributed by atoms with Crippen molar-refractivity contribution in [2.75, 3.05) is 23.7 Å². The van der Waals surface area contributed by atoms with Crippen LogP contribution in [0.25, 0.3) is 39.0 Å². The fourth-order valence-electron chi connectivity index (χ4n) is 6.36. The first-order valence-corrected chi connectivity index (χ1v) is 15.2. The Balaban J connectivity index is 1.71. The third kappa shape index (κ3) is 4.87. The standard InChI is InChI=1S/C33H33ClF2N8O2/c1-7-25(45)42-13-18(5)43(14-17(42)4)31-19-11-20(34)28(27-21(35)9-8-10-23(27)37)39-32(19)44(33(46)40-31)30-22(36)12-24-29(26(30)16(2)3)38-15-41(24)6/h7-12,15-18H,1,13-14,37H2,2-6H3/t17-,18+/m1/s1. The average molecular weight is 647 g/mol. The van der Waals surface area contributed by atoms with Gasteiger partial charge in [0.2, 0.25) is 5.91 Å². The van der Waals surface area contributed by atoms with E-state index in [-0.39, 0.29) is 63.0 Å². The molecule has 1 amide bonds. The van der Waals surface area contributed by atoms with Crippen LogP contribution in [0.5, 0.6) is 0 Å². The van der Waals surface area contributed by atoms with E-state index in [0.717, 1.165) is 4.57 Å². The summed E-state index contributed by atoms with van der Waals surface area (Å²) >= 11 is 6.80. The van der Waals surface area contributed by atoms with Crippen LogP contribution in [0.1, 0.15) is 39.2 Å². The topological polar surface area (TPSA) is 115 Å². The number of pyridine rings is 1. The minimum absolute atomic E-state index is 0.0108. The number of anilines is 2. The van der Waals surface area contributed by atoms with E-state index < -0.39 is 17.3 Å². The number of piperazine rings is 1. The van der Waals surface area contributed by atoms with Gasteiger partial charge in [0.15, 0.2) is 5.65 Å². The summed E-state index contributed by atoms with van der Waals surface area (Å²) in [5.74, 6) is -1.55. The maximum absolute atomic E-state index is 16.3. The maximum Gasteiger partial charge on any atom is 0.355 e. The van der Waals surface area contributed by atoms with Crippen LogP contribution in [0.4, 0.5) is 20.3 Å². The highest BCUT2D eigenvalue weighted by Crippen LogP contribution is 2.39. The summed E-state index contributed by atoms with van der Waals surface area (Å²) < 4.78 is 34.4. The number of aryl methyl sites for hydroxylation is 1. The van der Waals surface area contributed by atoms with Crippen molar-refractivity contribution < 1.29 is 13.6 Å². The lowest BCUT2D eigenvalue weighted by molar-refractivity contribution is -0.128. The van der Waals surface area contributed by atoms with E-state index in [9.17, 15) is 9.59 Å². The lowest BCUT2D eigenvalue weighted by Gasteiger charge is -2.44. The summed E-state index contributed by atoms with van der Waals surface area (Å²) in [4.78, 5) is 44.1. The molecule has 13 heteroatoms. The van der Waals surface area contributed by atoms with E-state index in [4.69, 9.17) is 22.3 Å². The largest absolute Gasteiger partial charge is 0.398 e. The van der Waals surface area contributed by atoms with Crippen LogP contribution in [-0.2, 0) is 11.8 Å². The molecule has 5 aromatic rings. The van der Waals surface area contributed by atoms with Gasteiger partial charge in [-0.3, -0.25) is 4.79 Å². The number of amides is 1. The van der Waals surface area contributed by atoms with E-state index in [1.807, 2.05) is 32.6 Å². The van der Waals surface area contributed by atoms with Crippen LogP contribution in [0.3, 0.4) is 0 Å². The molecule has 238 valence electrons. The van der Waals surface area contributed by atoms with Crippen LogP contribution in [-0.4, -0.2) is 60.1 Å². The van der Waals surface area contributed by atoms with Gasteiger partial charge in [-0.1, -0.05) is 38.1 Å². The molecule has 0 spiro atoms. The highest BCUT2D eigenvalue weighted by atomic mass is 35.5. The van der Waals surface area contributed by atoms with Gasteiger partial charge in [-0.2, -0.15) is 4.98 Å². The summed E-state index contributed by atoms with van der Waals surface area (Å²) in [6.45, 7) is 11.8. The average Bonchev–Trinajstić information content (AvgIpc) is 3.36. The van der Waals surface area contributed by atoms with Gasteiger partial charge in [0.1, 0.15) is 17.5 Å². The van der Waals surface area contributed by atoms with Gasteiger partial charge in [0.05, 0.1) is 44.7 Å². The van der Waals surface area contributed by atoms with E-state index in [2.05, 4.69) is 16.5 Å². The molecule has 1 saturated heterocycles. The zero-order chi connectivity index (χ0) is 33.2. The van der Waals surface area contributed by atoms with Crippen LogP contribution in [0, 0.1) is 11.6 Å². The molecule has 46 heavy (non-hydrogen) atoms. The zero-order valence-electron chi connectivity index (χ0n) is 26.1. The third-order valence-corrected chi connectivity index (χ3v) is 8.87. The van der Waals surface area contributed by atoms with Gasteiger partial charge in [0.25, 0.3) is 0 Å². The summed E-state index contributed by atoms with van der Waals surface area (Å²) in [5.41, 5.74) is 6.94. The van der Waals surface area contributed by atoms with Gasteiger partial charge in [-0.05, 0) is 44.0 Å². The number of hydrogen-bond donors (Lipinski definition) is 1. The Morgan fingerprint density at radius 1 is 1.13 bits per heavy atom. The number of benzene rings is 2. The first-order valence-electron chi connectivity index (χ1n) is 14.8. The van der Waals surface area contributed by atoms with Crippen LogP contribution in [0.2, 0.25) is 5.02 Å².